The fourth-order valence-electron chi connectivity index (χ4n) is 4.89. The van der Waals surface area contributed by atoms with Crippen LogP contribution in [0.1, 0.15) is 0 Å². The zero-order chi connectivity index (χ0) is 28.2. The molecule has 0 atom stereocenters. The standard InChI is InChI=1S/C29H32ClN8O2S/c1-39-24-13-23(14-25(16-24)40-2)38(20-37-8-5-29(30)41-37)22-3-4-26-27(15-22)34-28(18-32-26)21-17-33-36(19-21)12-11-35-9-6-31-7-10-35/h3-5,8,13-19,31H,6-7,9-12,20H2,1-2H3/q+1. The molecule has 10 nitrogen and oxygen atoms in total. The first-order chi connectivity index (χ1) is 20.1. The van der Waals surface area contributed by atoms with Crippen molar-refractivity contribution in [1.29, 1.82) is 0 Å². The molecular formula is C29H32ClN8O2S+. The summed E-state index contributed by atoms with van der Waals surface area (Å²) >= 11 is 7.73. The van der Waals surface area contributed by atoms with Crippen molar-refractivity contribution in [2.75, 3.05) is 51.8 Å². The first-order valence-electron chi connectivity index (χ1n) is 13.5. The summed E-state index contributed by atoms with van der Waals surface area (Å²) in [5.41, 5.74) is 5.21. The summed E-state index contributed by atoms with van der Waals surface area (Å²) in [4.78, 5) is 14.3. The van der Waals surface area contributed by atoms with Crippen molar-refractivity contribution in [2.24, 2.45) is 0 Å². The van der Waals surface area contributed by atoms with Crippen LogP contribution in [0.25, 0.3) is 22.3 Å². The molecule has 5 aromatic rings. The van der Waals surface area contributed by atoms with Crippen molar-refractivity contribution in [3.8, 4) is 22.8 Å². The third-order valence-electron chi connectivity index (χ3n) is 7.13. The Bertz CT molecular complexity index is 1610. The maximum atomic E-state index is 6.26. The number of nitrogens with one attached hydrogen (secondary N) is 1. The van der Waals surface area contributed by atoms with Gasteiger partial charge in [-0.15, -0.1) is 3.96 Å². The number of hydrogen-bond acceptors (Lipinski definition) is 9. The Hall–Kier alpha value is -3.77. The van der Waals surface area contributed by atoms with Crippen LogP contribution in [-0.2, 0) is 13.2 Å². The molecule has 1 N–H and O–H groups in total. The summed E-state index contributed by atoms with van der Waals surface area (Å²) in [6.07, 6.45) is 7.70. The van der Waals surface area contributed by atoms with Crippen LogP contribution in [0.15, 0.2) is 67.3 Å². The van der Waals surface area contributed by atoms with Gasteiger partial charge in [-0.2, -0.15) is 5.10 Å². The summed E-state index contributed by atoms with van der Waals surface area (Å²) in [5, 5.41) is 7.98. The van der Waals surface area contributed by atoms with Gasteiger partial charge in [0.25, 0.3) is 0 Å². The quantitative estimate of drug-likeness (QED) is 0.242. The van der Waals surface area contributed by atoms with E-state index < -0.39 is 0 Å². The van der Waals surface area contributed by atoms with Gasteiger partial charge < -0.3 is 14.8 Å². The number of rotatable bonds is 10. The largest absolute Gasteiger partial charge is 0.497 e. The number of nitrogens with zero attached hydrogens (tertiary/aromatic N) is 7. The molecule has 1 saturated heterocycles. The van der Waals surface area contributed by atoms with Gasteiger partial charge >= 0.3 is 0 Å². The van der Waals surface area contributed by atoms with Gasteiger partial charge in [0.05, 0.1) is 55.6 Å². The predicted octanol–water partition coefficient (Wildman–Crippen LogP) is 4.21. The summed E-state index contributed by atoms with van der Waals surface area (Å²) in [6.45, 7) is 6.59. The van der Waals surface area contributed by atoms with Gasteiger partial charge in [-0.25, -0.2) is 4.98 Å². The van der Waals surface area contributed by atoms with Crippen molar-refractivity contribution in [3.63, 3.8) is 0 Å². The molecule has 4 heterocycles. The minimum atomic E-state index is 0.534. The Morgan fingerprint density at radius 3 is 2.51 bits per heavy atom. The molecule has 6 rings (SSSR count). The fourth-order valence-corrected chi connectivity index (χ4v) is 5.86. The fraction of sp³-hybridized carbons (Fsp3) is 0.310. The molecule has 12 heteroatoms. The molecule has 1 aliphatic heterocycles. The van der Waals surface area contributed by atoms with E-state index in [9.17, 15) is 0 Å². The summed E-state index contributed by atoms with van der Waals surface area (Å²) < 4.78 is 15.9. The average Bonchev–Trinajstić information content (AvgIpc) is 3.67. The number of hydrogen-bond donors (Lipinski definition) is 1. The SMILES string of the molecule is COc1cc(OC)cc(N(C[n+]2ccc(Cl)s2)c2ccc3ncc(-c4cnn(CCN5CCNCC5)c4)nc3c2)c1. The third-order valence-corrected chi connectivity index (χ3v) is 8.24. The summed E-state index contributed by atoms with van der Waals surface area (Å²) in [6, 6.07) is 13.8. The van der Waals surface area contributed by atoms with E-state index in [1.54, 1.807) is 14.2 Å². The van der Waals surface area contributed by atoms with Gasteiger partial charge in [-0.3, -0.25) is 19.5 Å². The third kappa shape index (κ3) is 6.43. The first kappa shape index (κ1) is 27.4. The van der Waals surface area contributed by atoms with E-state index in [2.05, 4.69) is 30.2 Å². The van der Waals surface area contributed by atoms with Crippen molar-refractivity contribution in [2.45, 2.75) is 13.2 Å². The molecule has 0 radical (unpaired) electrons. The topological polar surface area (TPSA) is 84.5 Å². The molecule has 3 aromatic heterocycles. The van der Waals surface area contributed by atoms with Gasteiger partial charge in [0.15, 0.2) is 22.1 Å². The molecule has 2 aromatic carbocycles. The lowest BCUT2D eigenvalue weighted by atomic mass is 10.2. The minimum absolute atomic E-state index is 0.534. The molecule has 0 spiro atoms. The zero-order valence-electron chi connectivity index (χ0n) is 23.0. The van der Waals surface area contributed by atoms with Crippen LogP contribution in [0.4, 0.5) is 11.4 Å². The molecule has 0 saturated carbocycles. The lowest BCUT2D eigenvalue weighted by Gasteiger charge is -2.26. The van der Waals surface area contributed by atoms with E-state index in [4.69, 9.17) is 31.0 Å². The number of ether oxygens (including phenoxy) is 2. The van der Waals surface area contributed by atoms with E-state index in [1.807, 2.05) is 65.9 Å². The molecule has 0 bridgehead atoms. The monoisotopic (exact) mass is 591 g/mol. The van der Waals surface area contributed by atoms with E-state index in [1.165, 1.54) is 11.5 Å². The number of anilines is 2. The van der Waals surface area contributed by atoms with Crippen LogP contribution in [0.3, 0.4) is 0 Å². The molecule has 0 unspecified atom stereocenters. The lowest BCUT2D eigenvalue weighted by Crippen LogP contribution is -2.44. The lowest BCUT2D eigenvalue weighted by molar-refractivity contribution is -0.626. The summed E-state index contributed by atoms with van der Waals surface area (Å²) in [5.74, 6) is 1.41. The summed E-state index contributed by atoms with van der Waals surface area (Å²) in [7, 11) is 3.30. The average molecular weight is 592 g/mol. The van der Waals surface area contributed by atoms with Gasteiger partial charge in [0, 0.05) is 74.4 Å². The molecular weight excluding hydrogens is 560 g/mol. The van der Waals surface area contributed by atoms with Crippen molar-refractivity contribution >= 4 is 45.5 Å². The van der Waals surface area contributed by atoms with Crippen LogP contribution in [-0.4, -0.2) is 71.6 Å². The highest BCUT2D eigenvalue weighted by molar-refractivity contribution is 7.06. The number of fused-ring (bicyclic) bond motifs is 1. The highest BCUT2D eigenvalue weighted by Crippen LogP contribution is 2.34. The number of benzene rings is 2. The molecule has 41 heavy (non-hydrogen) atoms. The Morgan fingerprint density at radius 1 is 0.976 bits per heavy atom. The van der Waals surface area contributed by atoms with Crippen LogP contribution >= 0.6 is 23.1 Å². The molecule has 0 aliphatic carbocycles. The Kier molecular flexibility index (Phi) is 8.28. The second kappa shape index (κ2) is 12.4. The van der Waals surface area contributed by atoms with E-state index in [0.29, 0.717) is 18.2 Å². The van der Waals surface area contributed by atoms with E-state index >= 15 is 0 Å². The Morgan fingerprint density at radius 2 is 1.78 bits per heavy atom. The molecule has 1 fully saturated rings. The van der Waals surface area contributed by atoms with Crippen LogP contribution in [0, 0.1) is 0 Å². The highest BCUT2D eigenvalue weighted by Gasteiger charge is 2.20. The Balaban J connectivity index is 1.31. The highest BCUT2D eigenvalue weighted by atomic mass is 35.5. The van der Waals surface area contributed by atoms with Crippen molar-refractivity contribution in [3.05, 3.63) is 71.6 Å². The van der Waals surface area contributed by atoms with E-state index in [-0.39, 0.29) is 0 Å². The molecule has 0 amide bonds. The first-order valence-corrected chi connectivity index (χ1v) is 14.6. The number of piperazine rings is 1. The van der Waals surface area contributed by atoms with Crippen LogP contribution < -0.4 is 23.6 Å². The van der Waals surface area contributed by atoms with Crippen LogP contribution in [0.2, 0.25) is 4.34 Å². The van der Waals surface area contributed by atoms with Gasteiger partial charge in [0.1, 0.15) is 11.5 Å². The van der Waals surface area contributed by atoms with E-state index in [0.717, 1.165) is 77.3 Å². The normalized spacial score (nSPS) is 13.9. The smallest absolute Gasteiger partial charge is 0.241 e. The van der Waals surface area contributed by atoms with Crippen LogP contribution in [0.5, 0.6) is 11.5 Å². The van der Waals surface area contributed by atoms with Crippen molar-refractivity contribution in [1.82, 2.24) is 30.0 Å². The van der Waals surface area contributed by atoms with Gasteiger partial charge in [-0.1, -0.05) is 11.6 Å². The number of methoxy groups -OCH3 is 2. The maximum absolute atomic E-state index is 6.26. The van der Waals surface area contributed by atoms with Crippen molar-refractivity contribution < 1.29 is 13.4 Å². The minimum Gasteiger partial charge on any atom is -0.497 e. The Labute approximate surface area is 247 Å². The number of halogens is 1. The van der Waals surface area contributed by atoms with Gasteiger partial charge in [0.2, 0.25) is 6.67 Å². The second-order valence-electron chi connectivity index (χ2n) is 9.78. The number of aromatic nitrogens is 5. The zero-order valence-corrected chi connectivity index (χ0v) is 24.6. The van der Waals surface area contributed by atoms with Gasteiger partial charge in [-0.05, 0) is 18.2 Å². The molecule has 212 valence electrons. The second-order valence-corrected chi connectivity index (χ2v) is 11.5. The maximum Gasteiger partial charge on any atom is 0.241 e. The molecule has 1 aliphatic rings. The predicted molar refractivity (Wildman–Crippen MR) is 161 cm³/mol.